The molecule has 138 valence electrons. The Morgan fingerprint density at radius 1 is 1.20 bits per heavy atom. The van der Waals surface area contributed by atoms with Crippen LogP contribution in [-0.4, -0.2) is 42.0 Å². The molecule has 6 nitrogen and oxygen atoms in total. The number of amides is 1. The van der Waals surface area contributed by atoms with Gasteiger partial charge in [-0.25, -0.2) is 9.78 Å². The topological polar surface area (TPSA) is 60.9 Å². The highest BCUT2D eigenvalue weighted by Gasteiger charge is 2.52. The summed E-state index contributed by atoms with van der Waals surface area (Å²) in [4.78, 5) is 18.0. The number of carbonyl (C=O) groups excluding carboxylic acids is 1. The van der Waals surface area contributed by atoms with Gasteiger partial charge in [-0.05, 0) is 67.0 Å². The maximum Gasteiger partial charge on any atom is 0.496 e. The van der Waals surface area contributed by atoms with Crippen molar-refractivity contribution in [3.05, 3.63) is 17.8 Å². The van der Waals surface area contributed by atoms with E-state index in [1.165, 1.54) is 4.90 Å². The van der Waals surface area contributed by atoms with Crippen molar-refractivity contribution in [3.8, 4) is 0 Å². The van der Waals surface area contributed by atoms with Crippen LogP contribution in [0.1, 0.15) is 54.0 Å². The van der Waals surface area contributed by atoms with Crippen LogP contribution in [0.4, 0.5) is 10.6 Å². The second-order valence-corrected chi connectivity index (χ2v) is 8.53. The van der Waals surface area contributed by atoms with Gasteiger partial charge in [-0.15, -0.1) is 0 Å². The molecule has 0 atom stereocenters. The van der Waals surface area contributed by atoms with Crippen molar-refractivity contribution >= 4 is 24.5 Å². The van der Waals surface area contributed by atoms with Crippen LogP contribution in [0, 0.1) is 6.92 Å². The van der Waals surface area contributed by atoms with E-state index in [0.717, 1.165) is 11.0 Å². The summed E-state index contributed by atoms with van der Waals surface area (Å²) in [5, 5.41) is 0. The summed E-state index contributed by atoms with van der Waals surface area (Å²) in [5.74, 6) is 0.520. The van der Waals surface area contributed by atoms with E-state index in [1.54, 1.807) is 13.2 Å². The van der Waals surface area contributed by atoms with E-state index in [2.05, 4.69) is 4.98 Å². The molecule has 1 aromatic rings. The van der Waals surface area contributed by atoms with Gasteiger partial charge < -0.3 is 14.0 Å². The second-order valence-electron chi connectivity index (χ2n) is 8.53. The van der Waals surface area contributed by atoms with Crippen LogP contribution in [0.2, 0.25) is 0 Å². The fraction of sp³-hybridized carbons (Fsp3) is 0.667. The lowest BCUT2D eigenvalue weighted by molar-refractivity contribution is 0.00578. The van der Waals surface area contributed by atoms with Gasteiger partial charge in [-0.2, -0.15) is 0 Å². The molecular formula is C18H29BN2O4. The fourth-order valence-electron chi connectivity index (χ4n) is 2.38. The van der Waals surface area contributed by atoms with E-state index in [1.807, 2.05) is 61.5 Å². The quantitative estimate of drug-likeness (QED) is 0.769. The highest BCUT2D eigenvalue weighted by molar-refractivity contribution is 6.62. The molecule has 1 aliphatic rings. The molecule has 0 N–H and O–H groups in total. The highest BCUT2D eigenvalue weighted by Crippen LogP contribution is 2.36. The number of hydrogen-bond donors (Lipinski definition) is 0. The summed E-state index contributed by atoms with van der Waals surface area (Å²) in [7, 11) is 1.17. The van der Waals surface area contributed by atoms with Gasteiger partial charge in [0.15, 0.2) is 0 Å². The minimum absolute atomic E-state index is 0.407. The third kappa shape index (κ3) is 4.15. The first-order chi connectivity index (χ1) is 11.2. The summed E-state index contributed by atoms with van der Waals surface area (Å²) in [5.41, 5.74) is 0.439. The molecule has 0 unspecified atom stereocenters. The SMILES string of the molecule is Cc1cc(N(C)C(=O)OC(C)(C)C)ncc1B1OC(C)(C)C(C)(C)O1. The Kier molecular flexibility index (Phi) is 4.96. The number of carbonyl (C=O) groups is 1. The summed E-state index contributed by atoms with van der Waals surface area (Å²) >= 11 is 0. The van der Waals surface area contributed by atoms with Crippen molar-refractivity contribution < 1.29 is 18.8 Å². The Morgan fingerprint density at radius 3 is 2.16 bits per heavy atom. The molecule has 0 bridgehead atoms. The Balaban J connectivity index is 2.21. The summed E-state index contributed by atoms with van der Waals surface area (Å²) in [6, 6.07) is 1.84. The maximum atomic E-state index is 12.2. The molecule has 0 spiro atoms. The van der Waals surface area contributed by atoms with Gasteiger partial charge in [0.05, 0.1) is 11.2 Å². The van der Waals surface area contributed by atoms with E-state index in [-0.39, 0.29) is 0 Å². The zero-order chi connectivity index (χ0) is 19.2. The average Bonchev–Trinajstić information content (AvgIpc) is 2.64. The number of hydrogen-bond acceptors (Lipinski definition) is 5. The predicted octanol–water partition coefficient (Wildman–Crippen LogP) is 3.06. The van der Waals surface area contributed by atoms with E-state index < -0.39 is 30.0 Å². The molecule has 1 aromatic heterocycles. The largest absolute Gasteiger partial charge is 0.496 e. The molecule has 7 heteroatoms. The van der Waals surface area contributed by atoms with Gasteiger partial charge in [0.1, 0.15) is 11.4 Å². The first kappa shape index (κ1) is 19.7. The van der Waals surface area contributed by atoms with Crippen molar-refractivity contribution in [1.29, 1.82) is 0 Å². The van der Waals surface area contributed by atoms with E-state index >= 15 is 0 Å². The van der Waals surface area contributed by atoms with Gasteiger partial charge in [-0.1, -0.05) is 0 Å². The second kappa shape index (κ2) is 6.29. The van der Waals surface area contributed by atoms with Gasteiger partial charge >= 0.3 is 13.2 Å². The Hall–Kier alpha value is -1.60. The molecule has 0 saturated carbocycles. The number of aryl methyl sites for hydroxylation is 1. The molecule has 1 aliphatic heterocycles. The standard InChI is InChI=1S/C18H29BN2O4/c1-12-10-14(21(9)15(22)23-16(2,3)4)20-11-13(12)19-24-17(5,6)18(7,8)25-19/h10-11H,1-9H3. The fourth-order valence-corrected chi connectivity index (χ4v) is 2.38. The van der Waals surface area contributed by atoms with Crippen molar-refractivity contribution in [2.45, 2.75) is 72.2 Å². The number of pyridine rings is 1. The summed E-state index contributed by atoms with van der Waals surface area (Å²) < 4.78 is 17.5. The molecule has 0 radical (unpaired) electrons. The maximum absolute atomic E-state index is 12.2. The van der Waals surface area contributed by atoms with Crippen LogP contribution in [0.25, 0.3) is 0 Å². The molecule has 1 saturated heterocycles. The van der Waals surface area contributed by atoms with Crippen molar-refractivity contribution in [2.75, 3.05) is 11.9 Å². The molecular weight excluding hydrogens is 319 g/mol. The van der Waals surface area contributed by atoms with Crippen LogP contribution in [0.5, 0.6) is 0 Å². The Labute approximate surface area is 151 Å². The normalized spacial score (nSPS) is 19.0. The van der Waals surface area contributed by atoms with Crippen molar-refractivity contribution in [3.63, 3.8) is 0 Å². The molecule has 2 rings (SSSR count). The van der Waals surface area contributed by atoms with E-state index in [4.69, 9.17) is 14.0 Å². The van der Waals surface area contributed by atoms with Gasteiger partial charge in [0.25, 0.3) is 0 Å². The molecule has 0 aliphatic carbocycles. The minimum atomic E-state index is -0.553. The molecule has 1 amide bonds. The lowest BCUT2D eigenvalue weighted by Crippen LogP contribution is -2.41. The van der Waals surface area contributed by atoms with E-state index in [0.29, 0.717) is 5.82 Å². The zero-order valence-corrected chi connectivity index (χ0v) is 16.8. The van der Waals surface area contributed by atoms with Crippen LogP contribution >= 0.6 is 0 Å². The smallest absolute Gasteiger partial charge is 0.443 e. The number of nitrogens with zero attached hydrogens (tertiary/aromatic N) is 2. The van der Waals surface area contributed by atoms with Crippen LogP contribution in [-0.2, 0) is 14.0 Å². The first-order valence-electron chi connectivity index (χ1n) is 8.52. The Bertz CT molecular complexity index is 652. The number of aromatic nitrogens is 1. The first-order valence-corrected chi connectivity index (χ1v) is 8.52. The summed E-state index contributed by atoms with van der Waals surface area (Å²) in [6.45, 7) is 15.5. The number of ether oxygens (including phenoxy) is 1. The predicted molar refractivity (Wildman–Crippen MR) is 99.3 cm³/mol. The minimum Gasteiger partial charge on any atom is -0.443 e. The Morgan fingerprint density at radius 2 is 1.72 bits per heavy atom. The van der Waals surface area contributed by atoms with Crippen molar-refractivity contribution in [1.82, 2.24) is 4.98 Å². The van der Waals surface area contributed by atoms with Gasteiger partial charge in [-0.3, -0.25) is 4.90 Å². The van der Waals surface area contributed by atoms with Crippen LogP contribution in [0.3, 0.4) is 0 Å². The monoisotopic (exact) mass is 348 g/mol. The molecule has 25 heavy (non-hydrogen) atoms. The lowest BCUT2D eigenvalue weighted by Gasteiger charge is -2.32. The van der Waals surface area contributed by atoms with Crippen molar-refractivity contribution in [2.24, 2.45) is 0 Å². The lowest BCUT2D eigenvalue weighted by atomic mass is 9.77. The van der Waals surface area contributed by atoms with Crippen LogP contribution < -0.4 is 10.4 Å². The number of rotatable bonds is 2. The molecule has 0 aromatic carbocycles. The molecule has 1 fully saturated rings. The van der Waals surface area contributed by atoms with Crippen LogP contribution in [0.15, 0.2) is 12.3 Å². The third-order valence-electron chi connectivity index (χ3n) is 4.66. The third-order valence-corrected chi connectivity index (χ3v) is 4.66. The molecule has 2 heterocycles. The summed E-state index contributed by atoms with van der Waals surface area (Å²) in [6.07, 6.45) is 1.26. The van der Waals surface area contributed by atoms with E-state index in [9.17, 15) is 4.79 Å². The zero-order valence-electron chi connectivity index (χ0n) is 16.8. The average molecular weight is 348 g/mol. The van der Waals surface area contributed by atoms with Gasteiger partial charge in [0.2, 0.25) is 0 Å². The highest BCUT2D eigenvalue weighted by atomic mass is 16.7. The van der Waals surface area contributed by atoms with Gasteiger partial charge in [0, 0.05) is 18.7 Å². The number of anilines is 1.